The fourth-order valence-electron chi connectivity index (χ4n) is 5.55. The van der Waals surface area contributed by atoms with E-state index in [1.165, 1.54) is 18.7 Å². The number of quaternary nitrogens is 1. The first kappa shape index (κ1) is 22.6. The van der Waals surface area contributed by atoms with Crippen molar-refractivity contribution in [2.45, 2.75) is 38.5 Å². The third kappa shape index (κ3) is 4.75. The summed E-state index contributed by atoms with van der Waals surface area (Å²) in [4.78, 5) is 16.4. The van der Waals surface area contributed by atoms with Gasteiger partial charge in [0.05, 0.1) is 23.4 Å². The number of carbonyl (C=O) groups is 1. The molecule has 3 fully saturated rings. The predicted octanol–water partition coefficient (Wildman–Crippen LogP) is 7.02. The molecule has 2 bridgehead atoms. The molecule has 4 nitrogen and oxygen atoms in total. The molecule has 0 aliphatic carbocycles. The first-order valence-corrected chi connectivity index (χ1v) is 13.3. The van der Waals surface area contributed by atoms with Crippen LogP contribution in [0.3, 0.4) is 0 Å². The van der Waals surface area contributed by atoms with Crippen molar-refractivity contribution in [2.24, 2.45) is 5.92 Å². The third-order valence-corrected chi connectivity index (χ3v) is 9.15. The Kier molecular flexibility index (Phi) is 6.59. The van der Waals surface area contributed by atoms with Gasteiger partial charge in [0.15, 0.2) is 6.10 Å². The number of hydrogen-bond acceptors (Lipinski definition) is 3. The summed E-state index contributed by atoms with van der Waals surface area (Å²) >= 11 is 5.19. The number of amides is 1. The van der Waals surface area contributed by atoms with Gasteiger partial charge in [0.1, 0.15) is 12.6 Å². The van der Waals surface area contributed by atoms with Crippen molar-refractivity contribution in [1.29, 1.82) is 0 Å². The van der Waals surface area contributed by atoms with E-state index in [0.29, 0.717) is 18.5 Å². The molecule has 0 saturated carbocycles. The minimum Gasteiger partial charge on any atom is -0.440 e. The van der Waals surface area contributed by atoms with Crippen LogP contribution in [0.1, 0.15) is 36.2 Å². The first-order chi connectivity index (χ1) is 16.0. The number of benzene rings is 2. The normalized spacial score (nSPS) is 24.9. The van der Waals surface area contributed by atoms with E-state index in [1.54, 1.807) is 16.2 Å². The summed E-state index contributed by atoms with van der Waals surface area (Å²) in [5.41, 5.74) is 2.24. The third-order valence-electron chi connectivity index (χ3n) is 7.55. The fraction of sp³-hybridized carbons (Fsp3) is 0.370. The fourth-order valence-corrected chi connectivity index (χ4v) is 7.02. The molecule has 0 N–H and O–H groups in total. The number of hydrogen-bond donors (Lipinski definition) is 0. The van der Waals surface area contributed by atoms with Gasteiger partial charge in [-0.25, -0.2) is 4.79 Å². The van der Waals surface area contributed by atoms with Crippen molar-refractivity contribution < 1.29 is 14.0 Å². The van der Waals surface area contributed by atoms with Gasteiger partial charge in [-0.15, -0.1) is 11.3 Å². The molecule has 1 unspecified atom stereocenters. The highest BCUT2D eigenvalue weighted by Crippen LogP contribution is 2.42. The van der Waals surface area contributed by atoms with Crippen LogP contribution in [-0.2, 0) is 11.3 Å². The maximum atomic E-state index is 13.5. The second-order valence-electron chi connectivity index (χ2n) is 9.32. The lowest BCUT2D eigenvalue weighted by Crippen LogP contribution is -2.65. The summed E-state index contributed by atoms with van der Waals surface area (Å²) in [5.74, 6) is 0.463. The summed E-state index contributed by atoms with van der Waals surface area (Å²) < 4.78 is 8.38. The zero-order valence-electron chi connectivity index (χ0n) is 18.9. The lowest BCUT2D eigenvalue weighted by Gasteiger charge is -2.55. The van der Waals surface area contributed by atoms with Crippen LogP contribution in [0.4, 0.5) is 10.5 Å². The van der Waals surface area contributed by atoms with Crippen molar-refractivity contribution in [2.75, 3.05) is 24.5 Å². The molecule has 6 rings (SSSR count). The lowest BCUT2D eigenvalue weighted by atomic mass is 9.81. The molecule has 3 aromatic rings. The number of rotatable bonds is 6. The number of ether oxygens (including phenoxy) is 1. The lowest BCUT2D eigenvalue weighted by molar-refractivity contribution is -0.972. The SMILES string of the molecule is CC(c1ccccc1)[N+]12CCC(CC1)[C@@H](OC(=O)N(Cc1ccc(Br)s1)c1ccccc1)C2. The molecule has 4 heterocycles. The highest BCUT2D eigenvalue weighted by Gasteiger charge is 2.50. The number of nitrogens with zero attached hydrogens (tertiary/aromatic N) is 2. The van der Waals surface area contributed by atoms with Crippen LogP contribution >= 0.6 is 27.3 Å². The van der Waals surface area contributed by atoms with Crippen molar-refractivity contribution in [3.63, 3.8) is 0 Å². The molecule has 3 aliphatic heterocycles. The molecule has 2 atom stereocenters. The molecule has 6 heteroatoms. The molecule has 2 aromatic carbocycles. The van der Waals surface area contributed by atoms with Gasteiger partial charge in [-0.2, -0.15) is 0 Å². The van der Waals surface area contributed by atoms with Gasteiger partial charge in [-0.05, 0) is 47.1 Å². The van der Waals surface area contributed by atoms with E-state index in [1.807, 2.05) is 36.4 Å². The van der Waals surface area contributed by atoms with Crippen molar-refractivity contribution in [3.05, 3.63) is 87.0 Å². The summed E-state index contributed by atoms with van der Waals surface area (Å²) in [5, 5.41) is 0. The van der Waals surface area contributed by atoms with E-state index in [-0.39, 0.29) is 12.2 Å². The monoisotopic (exact) mass is 525 g/mol. The molecule has 3 aliphatic rings. The average molecular weight is 527 g/mol. The highest BCUT2D eigenvalue weighted by molar-refractivity contribution is 9.11. The van der Waals surface area contributed by atoms with Crippen molar-refractivity contribution in [1.82, 2.24) is 0 Å². The molecule has 0 radical (unpaired) electrons. The summed E-state index contributed by atoms with van der Waals surface area (Å²) in [6.07, 6.45) is 1.97. The Balaban J connectivity index is 1.35. The van der Waals surface area contributed by atoms with E-state index in [4.69, 9.17) is 4.74 Å². The van der Waals surface area contributed by atoms with Gasteiger partial charge in [0, 0.05) is 34.9 Å². The molecule has 3 saturated heterocycles. The zero-order chi connectivity index (χ0) is 22.8. The number of halogens is 1. The quantitative estimate of drug-likeness (QED) is 0.323. The zero-order valence-corrected chi connectivity index (χ0v) is 21.3. The van der Waals surface area contributed by atoms with E-state index in [9.17, 15) is 4.79 Å². The second-order valence-corrected chi connectivity index (χ2v) is 11.9. The molecular weight excluding hydrogens is 496 g/mol. The van der Waals surface area contributed by atoms with Gasteiger partial charge in [-0.1, -0.05) is 48.5 Å². The molecule has 33 heavy (non-hydrogen) atoms. The van der Waals surface area contributed by atoms with E-state index in [0.717, 1.165) is 38.2 Å². The Morgan fingerprint density at radius 1 is 1.06 bits per heavy atom. The smallest absolute Gasteiger partial charge is 0.415 e. The molecule has 0 spiro atoms. The summed E-state index contributed by atoms with van der Waals surface area (Å²) in [7, 11) is 0. The van der Waals surface area contributed by atoms with Gasteiger partial charge in [0.2, 0.25) is 0 Å². The first-order valence-electron chi connectivity index (χ1n) is 11.7. The number of carbonyl (C=O) groups excluding carboxylic acids is 1. The van der Waals surface area contributed by atoms with Crippen molar-refractivity contribution >= 4 is 39.0 Å². The minimum absolute atomic E-state index is 0.0348. The van der Waals surface area contributed by atoms with E-state index < -0.39 is 0 Å². The number of thiophene rings is 1. The van der Waals surface area contributed by atoms with E-state index in [2.05, 4.69) is 59.3 Å². The maximum Gasteiger partial charge on any atom is 0.415 e. The van der Waals surface area contributed by atoms with Crippen LogP contribution in [0.15, 0.2) is 76.6 Å². The number of para-hydroxylation sites is 1. The molecular formula is C27H30BrN2O2S+. The van der Waals surface area contributed by atoms with Crippen LogP contribution in [0.2, 0.25) is 0 Å². The summed E-state index contributed by atoms with van der Waals surface area (Å²) in [6, 6.07) is 25.2. The molecule has 1 aromatic heterocycles. The highest BCUT2D eigenvalue weighted by atomic mass is 79.9. The Morgan fingerprint density at radius 2 is 1.73 bits per heavy atom. The number of piperidine rings is 3. The largest absolute Gasteiger partial charge is 0.440 e. The predicted molar refractivity (Wildman–Crippen MR) is 137 cm³/mol. The minimum atomic E-state index is -0.241. The summed E-state index contributed by atoms with van der Waals surface area (Å²) in [6.45, 7) is 6.09. The average Bonchev–Trinajstić information content (AvgIpc) is 3.28. The van der Waals surface area contributed by atoms with Crippen LogP contribution in [0.25, 0.3) is 0 Å². The standard InChI is InChI=1S/C27H30BrN2O2S/c1-20(21-8-4-2-5-9-21)30-16-14-22(15-17-30)25(19-30)32-27(31)29(23-10-6-3-7-11-23)18-24-12-13-26(28)33-24/h2-13,20,22,25H,14-19H2,1H3/q+1/t20?,22?,25-,30?/m0/s1. The Labute approximate surface area is 208 Å². The number of fused-ring (bicyclic) bond motifs is 3. The Hall–Kier alpha value is -2.15. The molecule has 172 valence electrons. The van der Waals surface area contributed by atoms with Gasteiger partial charge < -0.3 is 9.22 Å². The second kappa shape index (κ2) is 9.61. The molecule has 1 amide bonds. The maximum absolute atomic E-state index is 13.5. The van der Waals surface area contributed by atoms with Crippen molar-refractivity contribution in [3.8, 4) is 0 Å². The van der Waals surface area contributed by atoms with Crippen LogP contribution < -0.4 is 4.90 Å². The van der Waals surface area contributed by atoms with Crippen LogP contribution in [0.5, 0.6) is 0 Å². The van der Waals surface area contributed by atoms with E-state index >= 15 is 0 Å². The van der Waals surface area contributed by atoms with Crippen LogP contribution in [-0.4, -0.2) is 36.3 Å². The van der Waals surface area contributed by atoms with Crippen LogP contribution in [0, 0.1) is 5.92 Å². The Bertz CT molecular complexity index is 1080. The van der Waals surface area contributed by atoms with Gasteiger partial charge in [-0.3, -0.25) is 4.90 Å². The van der Waals surface area contributed by atoms with Gasteiger partial charge >= 0.3 is 6.09 Å². The topological polar surface area (TPSA) is 29.5 Å². The Morgan fingerprint density at radius 3 is 2.36 bits per heavy atom. The van der Waals surface area contributed by atoms with Gasteiger partial charge in [0.25, 0.3) is 0 Å². The number of anilines is 1.